The minimum Gasteiger partial charge on any atom is -0.482 e. The molecule has 0 fully saturated rings. The summed E-state index contributed by atoms with van der Waals surface area (Å²) in [5, 5.41) is 14.3. The average molecular weight is 645 g/mol. The number of rotatable bonds is 10. The third-order valence-corrected chi connectivity index (χ3v) is 7.10. The van der Waals surface area contributed by atoms with E-state index in [-0.39, 0.29) is 34.6 Å². The predicted octanol–water partition coefficient (Wildman–Crippen LogP) is 6.67. The molecule has 0 aliphatic heterocycles. The fourth-order valence-corrected chi connectivity index (χ4v) is 4.82. The minimum absolute atomic E-state index is 0.0228. The van der Waals surface area contributed by atoms with Gasteiger partial charge in [0, 0.05) is 10.7 Å². The van der Waals surface area contributed by atoms with Gasteiger partial charge in [0.05, 0.1) is 33.6 Å². The number of alkyl halides is 3. The Morgan fingerprint density at radius 3 is 2.39 bits per heavy atom. The van der Waals surface area contributed by atoms with Crippen LogP contribution in [0, 0.1) is 0 Å². The molecule has 0 saturated heterocycles. The molecule has 0 saturated carbocycles. The third kappa shape index (κ3) is 8.29. The monoisotopic (exact) mass is 643 g/mol. The molecule has 4 aromatic rings. The number of thioether (sulfide) groups is 1. The lowest BCUT2D eigenvalue weighted by molar-refractivity contribution is -0.137. The van der Waals surface area contributed by atoms with Gasteiger partial charge in [0.15, 0.2) is 17.6 Å². The van der Waals surface area contributed by atoms with Crippen LogP contribution < -0.4 is 15.4 Å². The van der Waals surface area contributed by atoms with Crippen LogP contribution in [0.2, 0.25) is 15.1 Å². The second-order valence-electron chi connectivity index (χ2n) is 8.24. The van der Waals surface area contributed by atoms with Crippen molar-refractivity contribution in [1.29, 1.82) is 0 Å². The molecule has 214 valence electrons. The van der Waals surface area contributed by atoms with Gasteiger partial charge in [-0.25, -0.2) is 0 Å². The molecule has 2 amide bonds. The van der Waals surface area contributed by atoms with E-state index in [4.69, 9.17) is 39.5 Å². The molecule has 0 unspecified atom stereocenters. The first-order valence-corrected chi connectivity index (χ1v) is 13.8. The van der Waals surface area contributed by atoms with Gasteiger partial charge < -0.3 is 15.4 Å². The summed E-state index contributed by atoms with van der Waals surface area (Å²) in [4.78, 5) is 25.0. The van der Waals surface area contributed by atoms with Crippen molar-refractivity contribution >= 4 is 64.1 Å². The van der Waals surface area contributed by atoms with E-state index in [0.717, 1.165) is 30.0 Å². The van der Waals surface area contributed by atoms with E-state index in [2.05, 4.69) is 20.8 Å². The lowest BCUT2D eigenvalue weighted by Gasteiger charge is -2.13. The van der Waals surface area contributed by atoms with Crippen LogP contribution in [0.15, 0.2) is 71.9 Å². The van der Waals surface area contributed by atoms with Gasteiger partial charge in [-0.2, -0.15) is 13.2 Å². The number of nitrogens with zero attached hydrogens (tertiary/aromatic N) is 3. The van der Waals surface area contributed by atoms with Crippen molar-refractivity contribution in [3.05, 3.63) is 93.2 Å². The summed E-state index contributed by atoms with van der Waals surface area (Å²) < 4.78 is 46.3. The Kier molecular flexibility index (Phi) is 10.0. The van der Waals surface area contributed by atoms with Gasteiger partial charge in [0.2, 0.25) is 5.91 Å². The summed E-state index contributed by atoms with van der Waals surface area (Å²) >= 11 is 18.9. The molecule has 15 heteroatoms. The Morgan fingerprint density at radius 1 is 0.927 bits per heavy atom. The summed E-state index contributed by atoms with van der Waals surface area (Å²) in [6, 6.07) is 16.2. The van der Waals surface area contributed by atoms with Crippen molar-refractivity contribution in [1.82, 2.24) is 20.1 Å². The van der Waals surface area contributed by atoms with Crippen molar-refractivity contribution in [2.45, 2.75) is 17.9 Å². The molecule has 3 aromatic carbocycles. The predicted molar refractivity (Wildman–Crippen MR) is 151 cm³/mol. The molecular weight excluding hydrogens is 626 g/mol. The second kappa shape index (κ2) is 13.5. The van der Waals surface area contributed by atoms with Gasteiger partial charge >= 0.3 is 6.18 Å². The number of amides is 2. The number of nitrogens with one attached hydrogen (secondary N) is 2. The highest BCUT2D eigenvalue weighted by Gasteiger charge is 2.31. The second-order valence-corrected chi connectivity index (χ2v) is 10.4. The van der Waals surface area contributed by atoms with Crippen molar-refractivity contribution in [3.63, 3.8) is 0 Å². The van der Waals surface area contributed by atoms with Gasteiger partial charge in [-0.15, -0.1) is 10.2 Å². The van der Waals surface area contributed by atoms with E-state index < -0.39 is 23.6 Å². The summed E-state index contributed by atoms with van der Waals surface area (Å²) in [5.41, 5.74) is -0.445. The number of carbonyl (C=O) groups is 2. The van der Waals surface area contributed by atoms with Crippen LogP contribution in [-0.2, 0) is 22.3 Å². The fourth-order valence-electron chi connectivity index (χ4n) is 3.42. The molecule has 0 atom stereocenters. The lowest BCUT2D eigenvalue weighted by atomic mass is 10.2. The summed E-state index contributed by atoms with van der Waals surface area (Å²) in [6.45, 7) is -0.342. The Balaban J connectivity index is 1.42. The number of aromatic nitrogens is 3. The van der Waals surface area contributed by atoms with Crippen molar-refractivity contribution in [2.24, 2.45) is 0 Å². The SMILES string of the molecule is O=C(COc1ccc(Cl)cc1Cl)NCc1nnc(SCC(=O)Nc2cc(C(F)(F)F)ccc2Cl)n1-c1ccccc1. The number of carbonyl (C=O) groups excluding carboxylic acids is 2. The third-order valence-electron chi connectivity index (χ3n) is 5.31. The molecule has 8 nitrogen and oxygen atoms in total. The first-order chi connectivity index (χ1) is 19.5. The normalized spacial score (nSPS) is 11.3. The topological polar surface area (TPSA) is 98.1 Å². The molecular formula is C26H19Cl3F3N5O3S. The van der Waals surface area contributed by atoms with Gasteiger partial charge in [-0.3, -0.25) is 14.2 Å². The van der Waals surface area contributed by atoms with Crippen LogP contribution in [0.3, 0.4) is 0 Å². The molecule has 1 aromatic heterocycles. The van der Waals surface area contributed by atoms with E-state index in [0.29, 0.717) is 27.4 Å². The van der Waals surface area contributed by atoms with Crippen molar-refractivity contribution in [3.8, 4) is 11.4 Å². The van der Waals surface area contributed by atoms with E-state index >= 15 is 0 Å². The Bertz CT molecular complexity index is 1550. The van der Waals surface area contributed by atoms with Crippen molar-refractivity contribution in [2.75, 3.05) is 17.7 Å². The highest BCUT2D eigenvalue weighted by Crippen LogP contribution is 2.34. The molecule has 0 aliphatic carbocycles. The van der Waals surface area contributed by atoms with Crippen LogP contribution in [0.1, 0.15) is 11.4 Å². The Morgan fingerprint density at radius 2 is 1.68 bits per heavy atom. The van der Waals surface area contributed by atoms with Crippen LogP contribution in [0.5, 0.6) is 5.75 Å². The van der Waals surface area contributed by atoms with Crippen LogP contribution in [0.25, 0.3) is 5.69 Å². The number of para-hydroxylation sites is 1. The maximum atomic E-state index is 13.1. The molecule has 0 bridgehead atoms. The van der Waals surface area contributed by atoms with E-state index in [9.17, 15) is 22.8 Å². The molecule has 1 heterocycles. The summed E-state index contributed by atoms with van der Waals surface area (Å²) in [6.07, 6.45) is -4.59. The van der Waals surface area contributed by atoms with Crippen LogP contribution in [0.4, 0.5) is 18.9 Å². The number of benzene rings is 3. The number of ether oxygens (including phenoxy) is 1. The molecule has 2 N–H and O–H groups in total. The number of hydrogen-bond acceptors (Lipinski definition) is 6. The molecule has 41 heavy (non-hydrogen) atoms. The zero-order chi connectivity index (χ0) is 29.6. The minimum atomic E-state index is -4.59. The largest absolute Gasteiger partial charge is 0.482 e. The summed E-state index contributed by atoms with van der Waals surface area (Å²) in [5.74, 6) is -0.614. The van der Waals surface area contributed by atoms with Gasteiger partial charge in [-0.05, 0) is 48.5 Å². The van der Waals surface area contributed by atoms with E-state index in [1.54, 1.807) is 41.0 Å². The van der Waals surface area contributed by atoms with Crippen LogP contribution >= 0.6 is 46.6 Å². The van der Waals surface area contributed by atoms with E-state index in [1.165, 1.54) is 6.07 Å². The zero-order valence-electron chi connectivity index (χ0n) is 20.7. The molecule has 4 rings (SSSR count). The fraction of sp³-hybridized carbons (Fsp3) is 0.154. The number of hydrogen-bond donors (Lipinski definition) is 2. The van der Waals surface area contributed by atoms with Crippen LogP contribution in [-0.4, -0.2) is 38.9 Å². The number of halogens is 6. The number of anilines is 1. The van der Waals surface area contributed by atoms with Gasteiger partial charge in [0.25, 0.3) is 5.91 Å². The maximum Gasteiger partial charge on any atom is 0.416 e. The van der Waals surface area contributed by atoms with E-state index in [1.807, 2.05) is 6.07 Å². The molecule has 0 radical (unpaired) electrons. The average Bonchev–Trinajstić information content (AvgIpc) is 3.34. The van der Waals surface area contributed by atoms with Crippen molar-refractivity contribution < 1.29 is 27.5 Å². The Labute approximate surface area is 251 Å². The molecule has 0 aliphatic rings. The maximum absolute atomic E-state index is 13.1. The summed E-state index contributed by atoms with van der Waals surface area (Å²) in [7, 11) is 0. The highest BCUT2D eigenvalue weighted by molar-refractivity contribution is 7.99. The smallest absolute Gasteiger partial charge is 0.416 e. The quantitative estimate of drug-likeness (QED) is 0.187. The molecule has 0 spiro atoms. The first kappa shape index (κ1) is 30.5. The van der Waals surface area contributed by atoms with Gasteiger partial charge in [-0.1, -0.05) is 64.8 Å². The highest BCUT2D eigenvalue weighted by atomic mass is 35.5. The standard InChI is InChI=1S/C26H19Cl3F3N5O3S/c27-16-7-9-21(19(29)11-16)40-13-23(38)33-12-22-35-36-25(37(22)17-4-2-1-3-5-17)41-14-24(39)34-20-10-15(26(30,31)32)6-8-18(20)28/h1-11H,12-14H2,(H,33,38)(H,34,39). The Hall–Kier alpha value is -3.45. The zero-order valence-corrected chi connectivity index (χ0v) is 23.8. The lowest BCUT2D eigenvalue weighted by Crippen LogP contribution is -2.29. The first-order valence-electron chi connectivity index (χ1n) is 11.6. The van der Waals surface area contributed by atoms with Gasteiger partial charge in [0.1, 0.15) is 5.75 Å².